The van der Waals surface area contributed by atoms with Crippen molar-refractivity contribution in [3.05, 3.63) is 30.3 Å². The van der Waals surface area contributed by atoms with E-state index in [4.69, 9.17) is 10.0 Å². The fraction of sp³-hybridized carbons (Fsp3) is 0.111. The molecule has 0 spiro atoms. The highest BCUT2D eigenvalue weighted by Crippen LogP contribution is 2.12. The molecular weight excluding hydrogens is 212 g/mol. The first-order chi connectivity index (χ1) is 7.58. The summed E-state index contributed by atoms with van der Waals surface area (Å²) in [6.45, 7) is 0. The Morgan fingerprint density at radius 1 is 1.38 bits per heavy atom. The van der Waals surface area contributed by atoms with Gasteiger partial charge in [-0.05, 0) is 12.1 Å². The van der Waals surface area contributed by atoms with Crippen LogP contribution in [0.5, 0.6) is 0 Å². The Labute approximate surface area is 91.3 Å². The van der Waals surface area contributed by atoms with Gasteiger partial charge in [-0.1, -0.05) is 0 Å². The molecule has 2 aromatic heterocycles. The smallest absolute Gasteiger partial charge is 0.423 e. The zero-order valence-electron chi connectivity index (χ0n) is 8.50. The summed E-state index contributed by atoms with van der Waals surface area (Å²) in [5, 5.41) is 22.3. The molecule has 0 bridgehead atoms. The quantitative estimate of drug-likeness (QED) is 0.658. The zero-order chi connectivity index (χ0) is 11.7. The largest absolute Gasteiger partial charge is 0.492 e. The lowest BCUT2D eigenvalue weighted by Crippen LogP contribution is -2.30. The van der Waals surface area contributed by atoms with Crippen molar-refractivity contribution in [3.8, 4) is 11.4 Å². The minimum Gasteiger partial charge on any atom is -0.423 e. The molecule has 0 unspecified atom stereocenters. The predicted molar refractivity (Wildman–Crippen MR) is 56.2 cm³/mol. The molecule has 0 radical (unpaired) electrons. The van der Waals surface area contributed by atoms with Crippen molar-refractivity contribution in [3.63, 3.8) is 0 Å². The maximum atomic E-state index is 12.7. The molecule has 0 aliphatic rings. The van der Waals surface area contributed by atoms with Crippen molar-refractivity contribution in [2.45, 2.75) is 0 Å². The van der Waals surface area contributed by atoms with Crippen LogP contribution in [0.4, 0.5) is 4.39 Å². The lowest BCUT2D eigenvalue weighted by molar-refractivity contribution is 0.426. The average Bonchev–Trinajstić information content (AvgIpc) is 2.61. The number of nitrogens with zero attached hydrogens (tertiary/aromatic N) is 3. The van der Waals surface area contributed by atoms with Crippen molar-refractivity contribution in [1.82, 2.24) is 14.8 Å². The molecule has 2 N–H and O–H groups in total. The van der Waals surface area contributed by atoms with Gasteiger partial charge in [-0.2, -0.15) is 5.10 Å². The molecular formula is C9H9BFN3O2. The number of aromatic nitrogens is 3. The summed E-state index contributed by atoms with van der Waals surface area (Å²) in [5.74, 6) is -0.453. The van der Waals surface area contributed by atoms with Gasteiger partial charge in [0.1, 0.15) is 11.5 Å². The predicted octanol–water partition coefficient (Wildman–Crippen LogP) is -0.699. The first kappa shape index (κ1) is 10.8. The molecule has 0 aromatic carbocycles. The van der Waals surface area contributed by atoms with Gasteiger partial charge in [-0.3, -0.25) is 9.67 Å². The lowest BCUT2D eigenvalue weighted by atomic mass is 9.80. The van der Waals surface area contributed by atoms with Crippen molar-refractivity contribution >= 4 is 12.6 Å². The Hall–Kier alpha value is -1.73. The van der Waals surface area contributed by atoms with Gasteiger partial charge in [0.15, 0.2) is 0 Å². The standard InChI is InChI=1S/C9H9BFN3O2/c1-14-5-7(10(15)16)9(13-14)8-3-2-6(11)4-12-8/h2-5,15-16H,1H3. The highest BCUT2D eigenvalue weighted by molar-refractivity contribution is 6.60. The maximum absolute atomic E-state index is 12.7. The van der Waals surface area contributed by atoms with Gasteiger partial charge in [-0.15, -0.1) is 0 Å². The van der Waals surface area contributed by atoms with Crippen molar-refractivity contribution in [2.24, 2.45) is 7.05 Å². The molecule has 2 aromatic rings. The van der Waals surface area contributed by atoms with Crippen molar-refractivity contribution in [1.29, 1.82) is 0 Å². The fourth-order valence-electron chi connectivity index (χ4n) is 1.41. The highest BCUT2D eigenvalue weighted by atomic mass is 19.1. The van der Waals surface area contributed by atoms with Crippen LogP contribution in [0, 0.1) is 5.82 Å². The van der Waals surface area contributed by atoms with Crippen LogP contribution in [-0.4, -0.2) is 31.9 Å². The van der Waals surface area contributed by atoms with Crippen molar-refractivity contribution < 1.29 is 14.4 Å². The Balaban J connectivity index is 2.50. The first-order valence-electron chi connectivity index (χ1n) is 4.59. The summed E-state index contributed by atoms with van der Waals surface area (Å²) in [6, 6.07) is 2.67. The summed E-state index contributed by atoms with van der Waals surface area (Å²) in [4.78, 5) is 3.83. The van der Waals surface area contributed by atoms with Crippen LogP contribution < -0.4 is 5.46 Å². The number of pyridine rings is 1. The third kappa shape index (κ3) is 1.95. The Kier molecular flexibility index (Phi) is 2.72. The fourth-order valence-corrected chi connectivity index (χ4v) is 1.41. The molecule has 7 heteroatoms. The molecule has 0 saturated carbocycles. The topological polar surface area (TPSA) is 71.2 Å². The van der Waals surface area contributed by atoms with E-state index in [1.165, 1.54) is 23.0 Å². The lowest BCUT2D eigenvalue weighted by Gasteiger charge is -1.99. The van der Waals surface area contributed by atoms with Gasteiger partial charge in [-0.25, -0.2) is 4.39 Å². The highest BCUT2D eigenvalue weighted by Gasteiger charge is 2.21. The molecule has 0 atom stereocenters. The molecule has 0 amide bonds. The molecule has 0 aliphatic heterocycles. The van der Waals surface area contributed by atoms with E-state index < -0.39 is 12.9 Å². The van der Waals surface area contributed by atoms with Crippen LogP contribution in [0.25, 0.3) is 11.4 Å². The summed E-state index contributed by atoms with van der Waals surface area (Å²) in [7, 11) is 0.0226. The summed E-state index contributed by atoms with van der Waals surface area (Å²) >= 11 is 0. The number of hydrogen-bond donors (Lipinski definition) is 2. The second-order valence-electron chi connectivity index (χ2n) is 3.34. The molecule has 2 rings (SSSR count). The van der Waals surface area contributed by atoms with E-state index in [1.807, 2.05) is 0 Å². The molecule has 82 valence electrons. The molecule has 0 fully saturated rings. The van der Waals surface area contributed by atoms with E-state index in [2.05, 4.69) is 10.1 Å². The zero-order valence-corrected chi connectivity index (χ0v) is 8.50. The van der Waals surface area contributed by atoms with Crippen LogP contribution in [0.2, 0.25) is 0 Å². The van der Waals surface area contributed by atoms with Gasteiger partial charge in [0.25, 0.3) is 0 Å². The Bertz CT molecular complexity index is 498. The van der Waals surface area contributed by atoms with Gasteiger partial charge in [0.05, 0.1) is 11.9 Å². The summed E-state index contributed by atoms with van der Waals surface area (Å²) < 4.78 is 14.1. The Morgan fingerprint density at radius 3 is 2.69 bits per heavy atom. The van der Waals surface area contributed by atoms with Crippen LogP contribution >= 0.6 is 0 Å². The molecule has 16 heavy (non-hydrogen) atoms. The van der Waals surface area contributed by atoms with Gasteiger partial charge >= 0.3 is 7.12 Å². The third-order valence-corrected chi connectivity index (χ3v) is 2.11. The molecule has 0 aliphatic carbocycles. The van der Waals surface area contributed by atoms with Crippen LogP contribution in [-0.2, 0) is 7.05 Å². The van der Waals surface area contributed by atoms with Crippen LogP contribution in [0.1, 0.15) is 0 Å². The maximum Gasteiger partial charge on any atom is 0.492 e. The minimum atomic E-state index is -1.63. The van der Waals surface area contributed by atoms with E-state index >= 15 is 0 Å². The number of rotatable bonds is 2. The molecule has 5 nitrogen and oxygen atoms in total. The molecule has 2 heterocycles. The van der Waals surface area contributed by atoms with Gasteiger partial charge in [0.2, 0.25) is 0 Å². The summed E-state index contributed by atoms with van der Waals surface area (Å²) in [5.41, 5.74) is 0.962. The monoisotopic (exact) mass is 221 g/mol. The minimum absolute atomic E-state index is 0.238. The average molecular weight is 221 g/mol. The van der Waals surface area contributed by atoms with Crippen LogP contribution in [0.15, 0.2) is 24.5 Å². The Morgan fingerprint density at radius 2 is 2.12 bits per heavy atom. The second-order valence-corrected chi connectivity index (χ2v) is 3.34. The SMILES string of the molecule is Cn1cc(B(O)O)c(-c2ccc(F)cn2)n1. The summed E-state index contributed by atoms with van der Waals surface area (Å²) in [6.07, 6.45) is 2.53. The second kappa shape index (κ2) is 4.03. The van der Waals surface area contributed by atoms with E-state index in [9.17, 15) is 4.39 Å². The number of halogens is 1. The first-order valence-corrected chi connectivity index (χ1v) is 4.59. The molecule has 0 saturated heterocycles. The van der Waals surface area contributed by atoms with E-state index in [-0.39, 0.29) is 5.46 Å². The normalized spacial score (nSPS) is 10.5. The number of aryl methyl sites for hydroxylation is 1. The van der Waals surface area contributed by atoms with E-state index in [1.54, 1.807) is 7.05 Å². The van der Waals surface area contributed by atoms with E-state index in [0.717, 1.165) is 6.20 Å². The van der Waals surface area contributed by atoms with Gasteiger partial charge in [0, 0.05) is 18.7 Å². The van der Waals surface area contributed by atoms with Crippen LogP contribution in [0.3, 0.4) is 0 Å². The number of hydrogen-bond acceptors (Lipinski definition) is 4. The van der Waals surface area contributed by atoms with Gasteiger partial charge < -0.3 is 10.0 Å². The van der Waals surface area contributed by atoms with E-state index in [0.29, 0.717) is 11.4 Å². The third-order valence-electron chi connectivity index (χ3n) is 2.11. The van der Waals surface area contributed by atoms with Crippen molar-refractivity contribution in [2.75, 3.05) is 0 Å².